The number of rotatable bonds is 6. The quantitative estimate of drug-likeness (QED) is 0.405. The van der Waals surface area contributed by atoms with E-state index in [2.05, 4.69) is 52.3 Å². The number of aryl methyl sites for hydroxylation is 3. The molecule has 0 atom stereocenters. The van der Waals surface area contributed by atoms with Crippen molar-refractivity contribution in [2.75, 3.05) is 11.1 Å². The van der Waals surface area contributed by atoms with Crippen LogP contribution in [0.2, 0.25) is 0 Å². The lowest BCUT2D eigenvalue weighted by atomic mass is 9.96. The van der Waals surface area contributed by atoms with E-state index >= 15 is 0 Å². The Labute approximate surface area is 191 Å². The van der Waals surface area contributed by atoms with E-state index in [1.807, 2.05) is 41.1 Å². The van der Waals surface area contributed by atoms with Crippen LogP contribution in [0, 0.1) is 20.8 Å². The molecular weight excluding hydrogens is 414 g/mol. The molecule has 166 valence electrons. The summed E-state index contributed by atoms with van der Waals surface area (Å²) in [7, 11) is 0. The van der Waals surface area contributed by atoms with Crippen LogP contribution < -0.4 is 15.8 Å². The van der Waals surface area contributed by atoms with Gasteiger partial charge in [-0.2, -0.15) is 5.10 Å². The van der Waals surface area contributed by atoms with Crippen molar-refractivity contribution >= 4 is 28.1 Å². The van der Waals surface area contributed by atoms with Crippen molar-refractivity contribution < 1.29 is 4.74 Å². The van der Waals surface area contributed by atoms with Crippen LogP contribution in [0.3, 0.4) is 0 Å². The molecule has 1 aromatic carbocycles. The first-order valence-corrected chi connectivity index (χ1v) is 10.7. The van der Waals surface area contributed by atoms with E-state index in [9.17, 15) is 0 Å². The number of nitrogens with two attached hydrogens (primary N) is 1. The number of imidazole rings is 1. The Bertz CT molecular complexity index is 1480. The highest BCUT2D eigenvalue weighted by Gasteiger charge is 2.11. The Morgan fingerprint density at radius 2 is 1.94 bits per heavy atom. The van der Waals surface area contributed by atoms with Crippen molar-refractivity contribution in [3.63, 3.8) is 0 Å². The molecule has 0 aliphatic carbocycles. The van der Waals surface area contributed by atoms with Crippen LogP contribution in [0.4, 0.5) is 11.6 Å². The van der Waals surface area contributed by atoms with Crippen LogP contribution in [0.1, 0.15) is 27.9 Å². The van der Waals surface area contributed by atoms with Crippen molar-refractivity contribution in [3.8, 4) is 5.75 Å². The fourth-order valence-electron chi connectivity index (χ4n) is 4.08. The first kappa shape index (κ1) is 20.7. The smallest absolute Gasteiger partial charge is 0.152 e. The Morgan fingerprint density at radius 3 is 2.82 bits per heavy atom. The lowest BCUT2D eigenvalue weighted by molar-refractivity contribution is 0.300. The first-order valence-electron chi connectivity index (χ1n) is 10.7. The Hall–Kier alpha value is -4.20. The molecule has 33 heavy (non-hydrogen) atoms. The predicted octanol–water partition coefficient (Wildman–Crippen LogP) is 4.37. The monoisotopic (exact) mass is 439 g/mol. The third-order valence-corrected chi connectivity index (χ3v) is 5.83. The highest BCUT2D eigenvalue weighted by Crippen LogP contribution is 2.28. The summed E-state index contributed by atoms with van der Waals surface area (Å²) >= 11 is 0. The molecule has 0 unspecified atom stereocenters. The SMILES string of the molecule is Cc1ccc2nc(COc3cnnc(NCc4c(C)cc5c(N)nccc5c4C)c3)cn2c1. The van der Waals surface area contributed by atoms with E-state index < -0.39 is 0 Å². The normalized spacial score (nSPS) is 11.2. The number of hydrogen-bond donors (Lipinski definition) is 2. The number of benzene rings is 1. The maximum absolute atomic E-state index is 6.06. The predicted molar refractivity (Wildman–Crippen MR) is 129 cm³/mol. The number of nitrogens with zero attached hydrogens (tertiary/aromatic N) is 5. The van der Waals surface area contributed by atoms with Crippen molar-refractivity contribution in [1.82, 2.24) is 24.6 Å². The summed E-state index contributed by atoms with van der Waals surface area (Å²) < 4.78 is 7.93. The van der Waals surface area contributed by atoms with E-state index in [1.165, 1.54) is 16.7 Å². The van der Waals surface area contributed by atoms with E-state index in [-0.39, 0.29) is 0 Å². The number of aromatic nitrogens is 5. The van der Waals surface area contributed by atoms with Gasteiger partial charge in [-0.1, -0.05) is 6.07 Å². The van der Waals surface area contributed by atoms with Crippen molar-refractivity contribution in [2.45, 2.75) is 33.9 Å². The minimum absolute atomic E-state index is 0.351. The number of anilines is 2. The summed E-state index contributed by atoms with van der Waals surface area (Å²) in [5, 5.41) is 13.7. The van der Waals surface area contributed by atoms with Gasteiger partial charge in [0.1, 0.15) is 23.8 Å². The maximum Gasteiger partial charge on any atom is 0.152 e. The minimum atomic E-state index is 0.351. The number of nitrogen functional groups attached to an aromatic ring is 1. The van der Waals surface area contributed by atoms with Crippen LogP contribution in [0.5, 0.6) is 5.75 Å². The lowest BCUT2D eigenvalue weighted by Crippen LogP contribution is -2.07. The zero-order chi connectivity index (χ0) is 22.9. The molecule has 5 aromatic rings. The van der Waals surface area contributed by atoms with Crippen LogP contribution in [0.25, 0.3) is 16.4 Å². The van der Waals surface area contributed by atoms with Gasteiger partial charge in [0.05, 0.1) is 11.9 Å². The average molecular weight is 440 g/mol. The lowest BCUT2D eigenvalue weighted by Gasteiger charge is -2.15. The summed E-state index contributed by atoms with van der Waals surface area (Å²) in [5.74, 6) is 1.83. The molecule has 8 nitrogen and oxygen atoms in total. The van der Waals surface area contributed by atoms with Gasteiger partial charge in [-0.25, -0.2) is 9.97 Å². The van der Waals surface area contributed by atoms with Crippen molar-refractivity contribution in [1.29, 1.82) is 0 Å². The Kier molecular flexibility index (Phi) is 5.26. The average Bonchev–Trinajstić information content (AvgIpc) is 3.21. The number of fused-ring (bicyclic) bond motifs is 2. The molecule has 0 saturated heterocycles. The van der Waals surface area contributed by atoms with Gasteiger partial charge in [0, 0.05) is 36.6 Å². The molecule has 0 fully saturated rings. The van der Waals surface area contributed by atoms with Gasteiger partial charge in [-0.05, 0) is 66.6 Å². The van der Waals surface area contributed by atoms with E-state index in [0.29, 0.717) is 30.5 Å². The molecule has 0 aliphatic rings. The molecule has 4 heterocycles. The second-order valence-electron chi connectivity index (χ2n) is 8.21. The zero-order valence-corrected chi connectivity index (χ0v) is 18.8. The molecule has 0 radical (unpaired) electrons. The minimum Gasteiger partial charge on any atom is -0.485 e. The third kappa shape index (κ3) is 4.15. The molecule has 0 amide bonds. The molecule has 0 saturated carbocycles. The fraction of sp³-hybridized carbons (Fsp3) is 0.200. The van der Waals surface area contributed by atoms with E-state index in [1.54, 1.807) is 12.4 Å². The number of nitrogens with one attached hydrogen (secondary N) is 1. The van der Waals surface area contributed by atoms with Crippen molar-refractivity contribution in [2.24, 2.45) is 0 Å². The molecule has 5 rings (SSSR count). The number of ether oxygens (including phenoxy) is 1. The van der Waals surface area contributed by atoms with Crippen LogP contribution in [-0.2, 0) is 13.2 Å². The van der Waals surface area contributed by atoms with Crippen LogP contribution >= 0.6 is 0 Å². The molecule has 0 bridgehead atoms. The largest absolute Gasteiger partial charge is 0.485 e. The highest BCUT2D eigenvalue weighted by atomic mass is 16.5. The third-order valence-electron chi connectivity index (χ3n) is 5.83. The fourth-order valence-corrected chi connectivity index (χ4v) is 4.08. The molecular formula is C25H25N7O. The summed E-state index contributed by atoms with van der Waals surface area (Å²) in [5.41, 5.74) is 12.5. The van der Waals surface area contributed by atoms with Gasteiger partial charge < -0.3 is 20.2 Å². The van der Waals surface area contributed by atoms with E-state index in [0.717, 1.165) is 27.7 Å². The van der Waals surface area contributed by atoms with Crippen LogP contribution in [-0.4, -0.2) is 24.6 Å². The highest BCUT2D eigenvalue weighted by molar-refractivity contribution is 5.94. The van der Waals surface area contributed by atoms with Gasteiger partial charge in [-0.15, -0.1) is 5.10 Å². The molecule has 0 aliphatic heterocycles. The molecule has 0 spiro atoms. The molecule has 8 heteroatoms. The molecule has 4 aromatic heterocycles. The standard InChI is InChI=1S/C25H25N7O/c1-15-4-5-24-30-18(13-32(24)12-15)14-33-19-9-23(31-29-10-19)28-11-22-16(2)8-21-20(17(22)3)6-7-27-25(21)26/h4-10,12-13H,11,14H2,1-3H3,(H2,26,27)(H,28,31). The Balaban J connectivity index is 1.29. The first-order chi connectivity index (χ1) is 16.0. The van der Waals surface area contributed by atoms with Gasteiger partial charge in [0.25, 0.3) is 0 Å². The second kappa shape index (κ2) is 8.38. The Morgan fingerprint density at radius 1 is 1.06 bits per heavy atom. The number of pyridine rings is 2. The summed E-state index contributed by atoms with van der Waals surface area (Å²) in [6, 6.07) is 9.97. The van der Waals surface area contributed by atoms with Gasteiger partial charge in [0.2, 0.25) is 0 Å². The topological polar surface area (TPSA) is 103 Å². The summed E-state index contributed by atoms with van der Waals surface area (Å²) in [6.45, 7) is 7.20. The van der Waals surface area contributed by atoms with Gasteiger partial charge in [0.15, 0.2) is 5.82 Å². The maximum atomic E-state index is 6.06. The molecule has 3 N–H and O–H groups in total. The second-order valence-corrected chi connectivity index (χ2v) is 8.21. The van der Waals surface area contributed by atoms with E-state index in [4.69, 9.17) is 10.5 Å². The van der Waals surface area contributed by atoms with Gasteiger partial charge >= 0.3 is 0 Å². The van der Waals surface area contributed by atoms with Gasteiger partial charge in [-0.3, -0.25) is 0 Å². The summed E-state index contributed by atoms with van der Waals surface area (Å²) in [4.78, 5) is 8.79. The van der Waals surface area contributed by atoms with Crippen molar-refractivity contribution in [3.05, 3.63) is 83.1 Å². The van der Waals surface area contributed by atoms with Crippen LogP contribution in [0.15, 0.2) is 55.1 Å². The number of hydrogen-bond acceptors (Lipinski definition) is 7. The zero-order valence-electron chi connectivity index (χ0n) is 18.8. The summed E-state index contributed by atoms with van der Waals surface area (Å²) in [6.07, 6.45) is 7.37.